The third-order valence-electron chi connectivity index (χ3n) is 10.0. The summed E-state index contributed by atoms with van der Waals surface area (Å²) in [5.41, 5.74) is 0.353. The second-order valence-corrected chi connectivity index (χ2v) is 12.9. The van der Waals surface area contributed by atoms with Crippen molar-refractivity contribution in [1.82, 2.24) is 15.1 Å². The zero-order chi connectivity index (χ0) is 29.3. The van der Waals surface area contributed by atoms with Crippen LogP contribution < -0.4 is 4.90 Å². The second-order valence-electron chi connectivity index (χ2n) is 12.9. The molecule has 0 unspecified atom stereocenters. The monoisotopic (exact) mass is 586 g/mol. The number of carbonyl (C=O) groups is 1. The number of fused-ring (bicyclic) bond motifs is 3. The van der Waals surface area contributed by atoms with Crippen molar-refractivity contribution in [2.75, 3.05) is 11.4 Å². The number of amides is 1. The van der Waals surface area contributed by atoms with Crippen molar-refractivity contribution in [1.29, 1.82) is 0 Å². The van der Waals surface area contributed by atoms with Crippen LogP contribution in [0.5, 0.6) is 0 Å². The van der Waals surface area contributed by atoms with Crippen molar-refractivity contribution < 1.29 is 31.3 Å². The average Bonchev–Trinajstić information content (AvgIpc) is 3.71. The maximum absolute atomic E-state index is 13.8. The summed E-state index contributed by atoms with van der Waals surface area (Å²) in [6.45, 7) is 0.362. The topological polar surface area (TPSA) is 72.1 Å². The molecule has 3 aromatic rings. The number of aromatic nitrogens is 3. The highest BCUT2D eigenvalue weighted by molar-refractivity contribution is 5.96. The maximum Gasteiger partial charge on any atom is 0.416 e. The molecule has 8 rings (SSSR count). The first kappa shape index (κ1) is 27.5. The summed E-state index contributed by atoms with van der Waals surface area (Å²) >= 11 is 0. The van der Waals surface area contributed by atoms with Gasteiger partial charge in [0.2, 0.25) is 11.8 Å². The van der Waals surface area contributed by atoms with Crippen LogP contribution in [0.4, 0.5) is 27.6 Å². The minimum absolute atomic E-state index is 0.259. The Morgan fingerprint density at radius 2 is 1.71 bits per heavy atom. The van der Waals surface area contributed by atoms with Crippen molar-refractivity contribution >= 4 is 11.6 Å². The third kappa shape index (κ3) is 4.98. The Hall–Kier alpha value is -3.37. The lowest BCUT2D eigenvalue weighted by Crippen LogP contribution is -2.53. The number of rotatable bonds is 7. The SMILES string of the molecule is O=C(C1CC(F)(F)C1)N(CC12CCC(c3cc(C(F)(F)F)ccn3)(CC1)CC2)c1cccc(-c2nc(C3CC3)no2)c1. The lowest BCUT2D eigenvalue weighted by molar-refractivity contribution is -0.148. The van der Waals surface area contributed by atoms with Gasteiger partial charge in [0.1, 0.15) is 0 Å². The van der Waals surface area contributed by atoms with Crippen LogP contribution in [0, 0.1) is 11.3 Å². The first-order valence-electron chi connectivity index (χ1n) is 14.6. The van der Waals surface area contributed by atoms with Crippen LogP contribution >= 0.6 is 0 Å². The van der Waals surface area contributed by atoms with Gasteiger partial charge >= 0.3 is 6.18 Å². The largest absolute Gasteiger partial charge is 0.416 e. The van der Waals surface area contributed by atoms with E-state index in [1.807, 2.05) is 6.07 Å². The molecule has 1 aromatic carbocycles. The lowest BCUT2D eigenvalue weighted by Gasteiger charge is -2.54. The van der Waals surface area contributed by atoms with Crippen LogP contribution in [0.25, 0.3) is 11.5 Å². The van der Waals surface area contributed by atoms with E-state index in [-0.39, 0.29) is 11.3 Å². The van der Waals surface area contributed by atoms with Crippen LogP contribution in [-0.4, -0.2) is 33.5 Å². The molecule has 5 fully saturated rings. The van der Waals surface area contributed by atoms with Gasteiger partial charge in [-0.25, -0.2) is 8.78 Å². The number of nitrogens with zero attached hydrogens (tertiary/aromatic N) is 4. The van der Waals surface area contributed by atoms with E-state index in [2.05, 4.69) is 15.1 Å². The van der Waals surface area contributed by atoms with E-state index in [9.17, 15) is 26.7 Å². The van der Waals surface area contributed by atoms with Crippen molar-refractivity contribution in [2.24, 2.45) is 11.3 Å². The molecule has 5 saturated carbocycles. The standard InChI is InChI=1S/C31H31F5N4O2/c32-30(33)16-21(17-30)27(41)40(23-3-1-2-20(14-23)26-38-25(39-42-26)19-4-5-19)18-28-7-10-29(11-8-28,12-9-28)24-15-22(6-13-37-24)31(34,35)36/h1-3,6,13-15,19,21H,4-5,7-12,16-18H2. The summed E-state index contributed by atoms with van der Waals surface area (Å²) < 4.78 is 73.4. The van der Waals surface area contributed by atoms with Crippen LogP contribution in [0.1, 0.15) is 87.2 Å². The third-order valence-corrected chi connectivity index (χ3v) is 10.0. The summed E-state index contributed by atoms with van der Waals surface area (Å²) in [4.78, 5) is 24.3. The number of pyridine rings is 1. The van der Waals surface area contributed by atoms with Crippen LogP contribution in [0.2, 0.25) is 0 Å². The fraction of sp³-hybridized carbons (Fsp3) is 0.548. The minimum atomic E-state index is -4.43. The number of hydrogen-bond acceptors (Lipinski definition) is 5. The Morgan fingerprint density at radius 1 is 1.00 bits per heavy atom. The van der Waals surface area contributed by atoms with Gasteiger partial charge in [-0.3, -0.25) is 9.78 Å². The molecule has 6 nitrogen and oxygen atoms in total. The average molecular weight is 587 g/mol. The number of alkyl halides is 5. The number of halogens is 5. The van der Waals surface area contributed by atoms with Crippen LogP contribution in [0.3, 0.4) is 0 Å². The van der Waals surface area contributed by atoms with E-state index in [0.29, 0.717) is 79.6 Å². The number of carbonyl (C=O) groups excluding carboxylic acids is 1. The van der Waals surface area contributed by atoms with Crippen molar-refractivity contribution in [3.63, 3.8) is 0 Å². The highest BCUT2D eigenvalue weighted by Gasteiger charge is 2.54. The molecule has 42 heavy (non-hydrogen) atoms. The van der Waals surface area contributed by atoms with Crippen molar-refractivity contribution in [3.8, 4) is 11.5 Å². The van der Waals surface area contributed by atoms with Crippen molar-refractivity contribution in [2.45, 2.75) is 87.6 Å². The molecule has 11 heteroatoms. The summed E-state index contributed by atoms with van der Waals surface area (Å²) in [7, 11) is 0. The minimum Gasteiger partial charge on any atom is -0.334 e. The second kappa shape index (κ2) is 9.57. The molecule has 0 spiro atoms. The van der Waals surface area contributed by atoms with E-state index >= 15 is 0 Å². The zero-order valence-electron chi connectivity index (χ0n) is 23.0. The molecule has 2 aromatic heterocycles. The van der Waals surface area contributed by atoms with Gasteiger partial charge in [0.15, 0.2) is 5.82 Å². The first-order valence-corrected chi connectivity index (χ1v) is 14.6. The van der Waals surface area contributed by atoms with Gasteiger partial charge in [-0.15, -0.1) is 0 Å². The Bertz CT molecular complexity index is 1480. The zero-order valence-corrected chi connectivity index (χ0v) is 23.0. The van der Waals surface area contributed by atoms with E-state index in [1.165, 1.54) is 12.3 Å². The van der Waals surface area contributed by atoms with E-state index in [1.54, 1.807) is 23.1 Å². The molecule has 5 aliphatic rings. The maximum atomic E-state index is 13.8. The smallest absolute Gasteiger partial charge is 0.334 e. The van der Waals surface area contributed by atoms with Gasteiger partial charge in [0.05, 0.1) is 5.56 Å². The summed E-state index contributed by atoms with van der Waals surface area (Å²) in [5, 5.41) is 4.09. The molecular weight excluding hydrogens is 555 g/mol. The molecular formula is C31H31F5N4O2. The van der Waals surface area contributed by atoms with Gasteiger partial charge in [-0.2, -0.15) is 18.2 Å². The van der Waals surface area contributed by atoms with Gasteiger partial charge < -0.3 is 9.42 Å². The van der Waals surface area contributed by atoms with E-state index < -0.39 is 41.8 Å². The molecule has 0 atom stereocenters. The van der Waals surface area contributed by atoms with Gasteiger partial charge in [0, 0.05) is 59.8 Å². The molecule has 5 aliphatic carbocycles. The number of hydrogen-bond donors (Lipinski definition) is 0. The molecule has 0 saturated heterocycles. The Kier molecular flexibility index (Phi) is 6.26. The highest BCUT2D eigenvalue weighted by Crippen LogP contribution is 2.58. The highest BCUT2D eigenvalue weighted by atomic mass is 19.4. The molecule has 2 bridgehead atoms. The van der Waals surface area contributed by atoms with Gasteiger partial charge in [-0.1, -0.05) is 11.2 Å². The molecule has 222 valence electrons. The fourth-order valence-electron chi connectivity index (χ4n) is 7.14. The Balaban J connectivity index is 1.14. The molecule has 2 heterocycles. The predicted octanol–water partition coefficient (Wildman–Crippen LogP) is 7.70. The summed E-state index contributed by atoms with van der Waals surface area (Å²) in [6, 6.07) is 9.41. The molecule has 1 amide bonds. The molecule has 0 aliphatic heterocycles. The number of benzene rings is 1. The van der Waals surface area contributed by atoms with E-state index in [0.717, 1.165) is 18.9 Å². The molecule has 0 N–H and O–H groups in total. The normalized spacial score (nSPS) is 27.1. The first-order chi connectivity index (χ1) is 19.9. The Labute approximate surface area is 239 Å². The lowest BCUT2D eigenvalue weighted by atomic mass is 9.52. The quantitative estimate of drug-likeness (QED) is 0.265. The number of anilines is 1. The molecule has 0 radical (unpaired) electrons. The summed E-state index contributed by atoms with van der Waals surface area (Å²) in [6.07, 6.45) is 2.06. The van der Waals surface area contributed by atoms with Crippen molar-refractivity contribution in [3.05, 3.63) is 59.7 Å². The van der Waals surface area contributed by atoms with Crippen LogP contribution in [-0.2, 0) is 16.4 Å². The van der Waals surface area contributed by atoms with Crippen LogP contribution in [0.15, 0.2) is 47.1 Å². The predicted molar refractivity (Wildman–Crippen MR) is 143 cm³/mol. The Morgan fingerprint density at radius 3 is 2.36 bits per heavy atom. The van der Waals surface area contributed by atoms with Gasteiger partial charge in [-0.05, 0) is 87.1 Å². The summed E-state index contributed by atoms with van der Waals surface area (Å²) in [5.74, 6) is -2.57. The fourth-order valence-corrected chi connectivity index (χ4v) is 7.14. The van der Waals surface area contributed by atoms with E-state index in [4.69, 9.17) is 4.52 Å². The van der Waals surface area contributed by atoms with Gasteiger partial charge in [0.25, 0.3) is 5.89 Å².